The van der Waals surface area contributed by atoms with Gasteiger partial charge in [-0.2, -0.15) is 0 Å². The molecule has 1 fully saturated rings. The zero-order valence-electron chi connectivity index (χ0n) is 15.9. The van der Waals surface area contributed by atoms with Crippen molar-refractivity contribution in [1.29, 1.82) is 0 Å². The summed E-state index contributed by atoms with van der Waals surface area (Å²) in [6.45, 7) is -1.04. The number of carboxylic acids is 1. The van der Waals surface area contributed by atoms with Crippen molar-refractivity contribution in [3.8, 4) is 5.75 Å². The Labute approximate surface area is 212 Å². The Hall–Kier alpha value is -2.20. The van der Waals surface area contributed by atoms with Crippen molar-refractivity contribution in [3.05, 3.63) is 59.8 Å². The Morgan fingerprint density at radius 2 is 1.84 bits per heavy atom. The molecule has 166 valence electrons. The first kappa shape index (κ1) is 24.4. The Balaban J connectivity index is 1.73. The number of carbonyl (C=O) groups excluding carboxylic acids is 3. The topological polar surface area (TPSA) is 113 Å². The Kier molecular flexibility index (Phi) is 8.10. The van der Waals surface area contributed by atoms with Gasteiger partial charge in [-0.25, -0.2) is 9.18 Å². The first-order valence-corrected chi connectivity index (χ1v) is 11.8. The third-order valence-electron chi connectivity index (χ3n) is 3.98. The van der Waals surface area contributed by atoms with Crippen LogP contribution in [0.25, 0.3) is 6.08 Å². The fraction of sp³-hybridized carbons (Fsp3) is 0.100. The van der Waals surface area contributed by atoms with Gasteiger partial charge in [0.1, 0.15) is 18.1 Å². The molecule has 1 aliphatic rings. The number of nitrogens with zero attached hydrogens (tertiary/aromatic N) is 1. The van der Waals surface area contributed by atoms with Gasteiger partial charge in [0.15, 0.2) is 6.61 Å². The SMILES string of the molecule is O=C(O)COc1c(I)cc(/C=C2\SC(=O)N(CC(=O)Nc3ccccc3F)C2=O)cc1I. The van der Waals surface area contributed by atoms with Crippen LogP contribution in [0.5, 0.6) is 5.75 Å². The molecule has 0 spiro atoms. The monoisotopic (exact) mass is 682 g/mol. The molecular weight excluding hydrogens is 669 g/mol. The zero-order chi connectivity index (χ0) is 23.4. The quantitative estimate of drug-likeness (QED) is 0.333. The summed E-state index contributed by atoms with van der Waals surface area (Å²) in [6, 6.07) is 8.92. The van der Waals surface area contributed by atoms with E-state index in [1.165, 1.54) is 24.3 Å². The van der Waals surface area contributed by atoms with E-state index in [9.17, 15) is 23.6 Å². The van der Waals surface area contributed by atoms with E-state index in [1.54, 1.807) is 18.2 Å². The van der Waals surface area contributed by atoms with Gasteiger partial charge >= 0.3 is 5.97 Å². The number of hydrogen-bond acceptors (Lipinski definition) is 6. The van der Waals surface area contributed by atoms with Gasteiger partial charge in [-0.1, -0.05) is 12.1 Å². The van der Waals surface area contributed by atoms with E-state index >= 15 is 0 Å². The normalized spacial score (nSPS) is 14.7. The molecule has 0 aliphatic carbocycles. The summed E-state index contributed by atoms with van der Waals surface area (Å²) in [6.07, 6.45) is 1.50. The lowest BCUT2D eigenvalue weighted by molar-refractivity contribution is -0.139. The number of ether oxygens (including phenoxy) is 1. The summed E-state index contributed by atoms with van der Waals surface area (Å²) in [5.74, 6) is -2.67. The molecule has 0 saturated carbocycles. The number of hydrogen-bond donors (Lipinski definition) is 2. The molecule has 3 rings (SSSR count). The average molecular weight is 682 g/mol. The van der Waals surface area contributed by atoms with Crippen LogP contribution in [0.3, 0.4) is 0 Å². The summed E-state index contributed by atoms with van der Waals surface area (Å²) < 4.78 is 20.2. The maximum Gasteiger partial charge on any atom is 0.341 e. The number of carbonyl (C=O) groups is 4. The molecule has 32 heavy (non-hydrogen) atoms. The molecule has 12 heteroatoms. The highest BCUT2D eigenvalue weighted by Crippen LogP contribution is 2.34. The Morgan fingerprint density at radius 3 is 2.47 bits per heavy atom. The number of carboxylic acid groups (broad SMARTS) is 1. The van der Waals surface area contributed by atoms with Gasteiger partial charge in [-0.3, -0.25) is 19.3 Å². The van der Waals surface area contributed by atoms with E-state index in [2.05, 4.69) is 5.32 Å². The highest BCUT2D eigenvalue weighted by molar-refractivity contribution is 14.1. The van der Waals surface area contributed by atoms with Crippen LogP contribution >= 0.6 is 56.9 Å². The molecule has 8 nitrogen and oxygen atoms in total. The molecule has 0 unspecified atom stereocenters. The van der Waals surface area contributed by atoms with E-state index in [1.807, 2.05) is 45.2 Å². The summed E-state index contributed by atoms with van der Waals surface area (Å²) in [5, 5.41) is 10.5. The van der Waals surface area contributed by atoms with Crippen molar-refractivity contribution >= 4 is 91.7 Å². The molecule has 0 bridgehead atoms. The molecule has 2 aromatic carbocycles. The third kappa shape index (κ3) is 5.98. The van der Waals surface area contributed by atoms with Crippen LogP contribution in [-0.4, -0.2) is 46.2 Å². The predicted octanol–water partition coefficient (Wildman–Crippen LogP) is 4.17. The summed E-state index contributed by atoms with van der Waals surface area (Å²) in [4.78, 5) is 48.8. The predicted molar refractivity (Wildman–Crippen MR) is 133 cm³/mol. The lowest BCUT2D eigenvalue weighted by atomic mass is 10.2. The first-order valence-electron chi connectivity index (χ1n) is 8.79. The minimum atomic E-state index is -1.10. The van der Waals surface area contributed by atoms with Crippen LogP contribution in [0, 0.1) is 13.0 Å². The second kappa shape index (κ2) is 10.6. The smallest absolute Gasteiger partial charge is 0.341 e. The summed E-state index contributed by atoms with van der Waals surface area (Å²) >= 11 is 4.65. The standard InChI is InChI=1S/C20H13FI2N2O6S/c21-11-3-1-2-4-14(11)24-16(26)8-25-19(29)15(32-20(25)30)7-10-5-12(22)18(13(23)6-10)31-9-17(27)28/h1-7H,8-9H2,(H,24,26)(H,27,28)/b15-7-. The molecule has 1 saturated heterocycles. The molecule has 2 aromatic rings. The first-order chi connectivity index (χ1) is 15.2. The van der Waals surface area contributed by atoms with Crippen LogP contribution in [0.2, 0.25) is 0 Å². The molecule has 1 aliphatic heterocycles. The number of anilines is 1. The number of nitrogens with one attached hydrogen (secondary N) is 1. The van der Waals surface area contributed by atoms with Crippen LogP contribution < -0.4 is 10.1 Å². The fourth-order valence-corrected chi connectivity index (χ4v) is 5.58. The minimum absolute atomic E-state index is 0.0469. The average Bonchev–Trinajstić information content (AvgIpc) is 2.96. The number of benzene rings is 2. The molecule has 1 heterocycles. The van der Waals surface area contributed by atoms with E-state index < -0.39 is 42.0 Å². The van der Waals surface area contributed by atoms with Crippen molar-refractivity contribution < 1.29 is 33.4 Å². The highest BCUT2D eigenvalue weighted by atomic mass is 127. The Morgan fingerprint density at radius 1 is 1.19 bits per heavy atom. The molecule has 3 amide bonds. The van der Waals surface area contributed by atoms with Gasteiger partial charge in [0.25, 0.3) is 11.1 Å². The molecule has 2 N–H and O–H groups in total. The minimum Gasteiger partial charge on any atom is -0.480 e. The largest absolute Gasteiger partial charge is 0.480 e. The van der Waals surface area contributed by atoms with E-state index in [0.717, 1.165) is 4.90 Å². The second-order valence-corrected chi connectivity index (χ2v) is 9.61. The molecular formula is C20H13FI2N2O6S. The van der Waals surface area contributed by atoms with Crippen molar-refractivity contribution in [2.24, 2.45) is 0 Å². The van der Waals surface area contributed by atoms with Gasteiger partial charge in [-0.15, -0.1) is 0 Å². The second-order valence-electron chi connectivity index (χ2n) is 6.29. The number of aliphatic carboxylic acids is 1. The van der Waals surface area contributed by atoms with Gasteiger partial charge in [0.05, 0.1) is 17.7 Å². The van der Waals surface area contributed by atoms with Crippen molar-refractivity contribution in [3.63, 3.8) is 0 Å². The lowest BCUT2D eigenvalue weighted by Gasteiger charge is -2.12. The fourth-order valence-electron chi connectivity index (χ4n) is 2.62. The maximum absolute atomic E-state index is 13.7. The number of amides is 3. The zero-order valence-corrected chi connectivity index (χ0v) is 21.1. The van der Waals surface area contributed by atoms with E-state index in [0.29, 0.717) is 30.2 Å². The van der Waals surface area contributed by atoms with Crippen molar-refractivity contribution in [1.82, 2.24) is 4.90 Å². The number of thioether (sulfide) groups is 1. The molecule has 0 aromatic heterocycles. The third-order valence-corrected chi connectivity index (χ3v) is 6.49. The van der Waals surface area contributed by atoms with Crippen molar-refractivity contribution in [2.75, 3.05) is 18.5 Å². The maximum atomic E-state index is 13.7. The van der Waals surface area contributed by atoms with E-state index in [-0.39, 0.29) is 10.6 Å². The van der Waals surface area contributed by atoms with E-state index in [4.69, 9.17) is 9.84 Å². The van der Waals surface area contributed by atoms with Gasteiger partial charge in [0.2, 0.25) is 5.91 Å². The number of rotatable bonds is 7. The van der Waals surface area contributed by atoms with Crippen LogP contribution in [0.1, 0.15) is 5.56 Å². The van der Waals surface area contributed by atoms with Gasteiger partial charge in [-0.05, 0) is 92.8 Å². The van der Waals surface area contributed by atoms with Crippen molar-refractivity contribution in [2.45, 2.75) is 0 Å². The Bertz CT molecular complexity index is 1130. The summed E-state index contributed by atoms with van der Waals surface area (Å²) in [7, 11) is 0. The lowest BCUT2D eigenvalue weighted by Crippen LogP contribution is -2.36. The molecule has 0 radical (unpaired) electrons. The van der Waals surface area contributed by atoms with Crippen LogP contribution in [0.15, 0.2) is 41.3 Å². The van der Waals surface area contributed by atoms with Gasteiger partial charge < -0.3 is 15.2 Å². The highest BCUT2D eigenvalue weighted by Gasteiger charge is 2.36. The number of imide groups is 1. The van der Waals surface area contributed by atoms with Crippen LogP contribution in [0.4, 0.5) is 14.9 Å². The molecule has 0 atom stereocenters. The van der Waals surface area contributed by atoms with Crippen LogP contribution in [-0.2, 0) is 14.4 Å². The number of para-hydroxylation sites is 1. The summed E-state index contributed by atoms with van der Waals surface area (Å²) in [5.41, 5.74) is 0.553. The van der Waals surface area contributed by atoms with Gasteiger partial charge in [0, 0.05) is 0 Å². The number of halogens is 3.